The molecule has 1 aromatic rings. The van der Waals surface area contributed by atoms with E-state index in [1.807, 2.05) is 18.3 Å². The van der Waals surface area contributed by atoms with E-state index in [0.717, 1.165) is 25.3 Å². The molecule has 0 N–H and O–H groups in total. The van der Waals surface area contributed by atoms with Crippen LogP contribution in [0.5, 0.6) is 0 Å². The SMILES string of the molecule is CC(c1ccccn1)C(Br)C1CCOC1. The lowest BCUT2D eigenvalue weighted by molar-refractivity contribution is 0.184. The molecule has 0 spiro atoms. The van der Waals surface area contributed by atoms with Crippen LogP contribution in [0.15, 0.2) is 24.4 Å². The van der Waals surface area contributed by atoms with Crippen molar-refractivity contribution in [3.05, 3.63) is 30.1 Å². The van der Waals surface area contributed by atoms with E-state index in [1.165, 1.54) is 0 Å². The molecule has 15 heavy (non-hydrogen) atoms. The number of pyridine rings is 1. The van der Waals surface area contributed by atoms with E-state index in [0.29, 0.717) is 16.7 Å². The van der Waals surface area contributed by atoms with E-state index in [-0.39, 0.29) is 0 Å². The van der Waals surface area contributed by atoms with Gasteiger partial charge in [0.2, 0.25) is 0 Å². The maximum atomic E-state index is 5.41. The summed E-state index contributed by atoms with van der Waals surface area (Å²) in [6.45, 7) is 4.01. The number of hydrogen-bond donors (Lipinski definition) is 0. The van der Waals surface area contributed by atoms with Crippen LogP contribution in [0.2, 0.25) is 0 Å². The Bertz CT molecular complexity index is 298. The van der Waals surface area contributed by atoms with Gasteiger partial charge in [0.25, 0.3) is 0 Å². The topological polar surface area (TPSA) is 22.1 Å². The number of aromatic nitrogens is 1. The number of nitrogens with zero attached hydrogens (tertiary/aromatic N) is 1. The molecule has 1 fully saturated rings. The molecule has 82 valence electrons. The summed E-state index contributed by atoms with van der Waals surface area (Å²) in [5, 5.41) is 0. The first kappa shape index (κ1) is 11.1. The maximum Gasteiger partial charge on any atom is 0.0506 e. The number of hydrogen-bond acceptors (Lipinski definition) is 2. The molecule has 2 nitrogen and oxygen atoms in total. The second-order valence-electron chi connectivity index (χ2n) is 4.11. The second kappa shape index (κ2) is 5.08. The summed E-state index contributed by atoms with van der Waals surface area (Å²) in [6.07, 6.45) is 3.02. The fourth-order valence-corrected chi connectivity index (χ4v) is 2.71. The molecule has 0 amide bonds. The fourth-order valence-electron chi connectivity index (χ4n) is 2.02. The number of halogens is 1. The van der Waals surface area contributed by atoms with Gasteiger partial charge in [-0.3, -0.25) is 4.98 Å². The average molecular weight is 270 g/mol. The first-order valence-electron chi connectivity index (χ1n) is 5.42. The minimum atomic E-state index is 0.442. The first-order valence-corrected chi connectivity index (χ1v) is 6.33. The lowest BCUT2D eigenvalue weighted by atomic mass is 9.92. The molecule has 3 atom stereocenters. The summed E-state index contributed by atoms with van der Waals surface area (Å²) in [5.74, 6) is 1.07. The van der Waals surface area contributed by atoms with Crippen molar-refractivity contribution < 1.29 is 4.74 Å². The fraction of sp³-hybridized carbons (Fsp3) is 0.583. The molecule has 1 saturated heterocycles. The lowest BCUT2D eigenvalue weighted by Crippen LogP contribution is -2.21. The third-order valence-corrected chi connectivity index (χ3v) is 4.59. The molecule has 0 bridgehead atoms. The molecule has 3 unspecified atom stereocenters. The minimum Gasteiger partial charge on any atom is -0.381 e. The van der Waals surface area contributed by atoms with Crippen molar-refractivity contribution in [3.63, 3.8) is 0 Å². The van der Waals surface area contributed by atoms with Gasteiger partial charge in [0.1, 0.15) is 0 Å². The highest BCUT2D eigenvalue weighted by Crippen LogP contribution is 2.33. The molecule has 1 aliphatic heterocycles. The van der Waals surface area contributed by atoms with Gasteiger partial charge < -0.3 is 4.74 Å². The molecule has 3 heteroatoms. The highest BCUT2D eigenvalue weighted by Gasteiger charge is 2.29. The van der Waals surface area contributed by atoms with Crippen molar-refractivity contribution in [2.75, 3.05) is 13.2 Å². The summed E-state index contributed by atoms with van der Waals surface area (Å²) < 4.78 is 5.41. The van der Waals surface area contributed by atoms with Crippen molar-refractivity contribution in [1.82, 2.24) is 4.98 Å². The van der Waals surface area contributed by atoms with Gasteiger partial charge in [-0.05, 0) is 24.5 Å². The van der Waals surface area contributed by atoms with Crippen molar-refractivity contribution in [2.24, 2.45) is 5.92 Å². The predicted molar refractivity (Wildman–Crippen MR) is 64.3 cm³/mol. The van der Waals surface area contributed by atoms with Crippen LogP contribution in [0.25, 0.3) is 0 Å². The van der Waals surface area contributed by atoms with Gasteiger partial charge >= 0.3 is 0 Å². The van der Waals surface area contributed by atoms with Crippen LogP contribution in [0.3, 0.4) is 0 Å². The van der Waals surface area contributed by atoms with Crippen LogP contribution in [0.4, 0.5) is 0 Å². The van der Waals surface area contributed by atoms with Crippen molar-refractivity contribution in [1.29, 1.82) is 0 Å². The van der Waals surface area contributed by atoms with Gasteiger partial charge in [-0.2, -0.15) is 0 Å². The van der Waals surface area contributed by atoms with Crippen LogP contribution in [0, 0.1) is 5.92 Å². The van der Waals surface area contributed by atoms with Crippen LogP contribution in [0.1, 0.15) is 25.0 Å². The van der Waals surface area contributed by atoms with Crippen LogP contribution < -0.4 is 0 Å². The number of ether oxygens (including phenoxy) is 1. The molecule has 0 aliphatic carbocycles. The maximum absolute atomic E-state index is 5.41. The molecular formula is C12H16BrNO. The van der Waals surface area contributed by atoms with Gasteiger partial charge in [0.15, 0.2) is 0 Å². The Morgan fingerprint density at radius 1 is 1.53 bits per heavy atom. The average Bonchev–Trinajstić information content (AvgIpc) is 2.82. The molecule has 1 aliphatic rings. The smallest absolute Gasteiger partial charge is 0.0506 e. The van der Waals surface area contributed by atoms with Gasteiger partial charge in [-0.25, -0.2) is 0 Å². The zero-order valence-corrected chi connectivity index (χ0v) is 10.5. The predicted octanol–water partition coefficient (Wildman–Crippen LogP) is 2.99. The molecule has 2 heterocycles. The van der Waals surface area contributed by atoms with Gasteiger partial charge in [-0.15, -0.1) is 0 Å². The second-order valence-corrected chi connectivity index (χ2v) is 5.17. The van der Waals surface area contributed by atoms with Crippen molar-refractivity contribution in [3.8, 4) is 0 Å². The zero-order valence-electron chi connectivity index (χ0n) is 8.90. The summed E-state index contributed by atoms with van der Waals surface area (Å²) in [6, 6.07) is 6.09. The van der Waals surface area contributed by atoms with E-state index >= 15 is 0 Å². The third kappa shape index (κ3) is 2.58. The Balaban J connectivity index is 2.03. The van der Waals surface area contributed by atoms with Crippen LogP contribution in [-0.2, 0) is 4.74 Å². The number of rotatable bonds is 3. The van der Waals surface area contributed by atoms with Crippen molar-refractivity contribution >= 4 is 15.9 Å². The molecule has 0 saturated carbocycles. The van der Waals surface area contributed by atoms with Crippen LogP contribution in [-0.4, -0.2) is 23.0 Å². The Kier molecular flexibility index (Phi) is 3.76. The Morgan fingerprint density at radius 3 is 3.00 bits per heavy atom. The van der Waals surface area contributed by atoms with Gasteiger partial charge in [0.05, 0.1) is 6.61 Å². The van der Waals surface area contributed by atoms with Crippen molar-refractivity contribution in [2.45, 2.75) is 24.1 Å². The van der Waals surface area contributed by atoms with Crippen LogP contribution >= 0.6 is 15.9 Å². The third-order valence-electron chi connectivity index (χ3n) is 3.05. The van der Waals surface area contributed by atoms with E-state index in [9.17, 15) is 0 Å². The summed E-state index contributed by atoms with van der Waals surface area (Å²) in [7, 11) is 0. The standard InChI is InChI=1S/C12H16BrNO/c1-9(11-4-2-3-6-14-11)12(13)10-5-7-15-8-10/h2-4,6,9-10,12H,5,7-8H2,1H3. The summed E-state index contributed by atoms with van der Waals surface area (Å²) in [4.78, 5) is 4.87. The molecule has 0 aromatic carbocycles. The normalized spacial score (nSPS) is 25.1. The highest BCUT2D eigenvalue weighted by molar-refractivity contribution is 9.09. The first-order chi connectivity index (χ1) is 7.29. The van der Waals surface area contributed by atoms with Gasteiger partial charge in [-0.1, -0.05) is 28.9 Å². The monoisotopic (exact) mass is 269 g/mol. The largest absolute Gasteiger partial charge is 0.381 e. The molecule has 0 radical (unpaired) electrons. The highest BCUT2D eigenvalue weighted by atomic mass is 79.9. The lowest BCUT2D eigenvalue weighted by Gasteiger charge is -2.22. The van der Waals surface area contributed by atoms with E-state index in [4.69, 9.17) is 4.74 Å². The van der Waals surface area contributed by atoms with E-state index in [1.54, 1.807) is 0 Å². The van der Waals surface area contributed by atoms with E-state index in [2.05, 4.69) is 33.9 Å². The summed E-state index contributed by atoms with van der Waals surface area (Å²) in [5.41, 5.74) is 1.16. The quantitative estimate of drug-likeness (QED) is 0.788. The minimum absolute atomic E-state index is 0.442. The Hall–Kier alpha value is -0.410. The number of alkyl halides is 1. The molecule has 1 aromatic heterocycles. The van der Waals surface area contributed by atoms with Gasteiger partial charge in [0, 0.05) is 29.2 Å². The molecular weight excluding hydrogens is 254 g/mol. The Morgan fingerprint density at radius 2 is 2.40 bits per heavy atom. The Labute approximate surface area is 99.2 Å². The molecule has 2 rings (SSSR count). The zero-order chi connectivity index (χ0) is 10.7. The van der Waals surface area contributed by atoms with E-state index < -0.39 is 0 Å². The summed E-state index contributed by atoms with van der Waals surface area (Å²) >= 11 is 3.79.